The second-order valence-corrected chi connectivity index (χ2v) is 26.4. The number of nitrogens with one attached hydrogen (secondary N) is 2. The van der Waals surface area contributed by atoms with Crippen molar-refractivity contribution in [2.45, 2.75) is 375 Å². The molecule has 3 fully saturated rings. The van der Waals surface area contributed by atoms with Crippen LogP contribution < -0.4 is 10.6 Å². The summed E-state index contributed by atoms with van der Waals surface area (Å²) in [6.45, 7) is 2.15. The highest BCUT2D eigenvalue weighted by molar-refractivity contribution is 5.77. The molecule has 0 aromatic carbocycles. The molecule has 23 nitrogen and oxygen atoms in total. The van der Waals surface area contributed by atoms with Crippen molar-refractivity contribution < 1.29 is 104 Å². The summed E-state index contributed by atoms with van der Waals surface area (Å²) in [5.74, 6) is -6.15. The standard InChI is InChI=1S/C70H128N2O21/c1-4-6-8-10-12-14-16-18-20-22-24-25-26-27-29-31-33-35-37-39-41-43-52(77)51(72-57(80)44-42-40-38-36-34-32-30-28-23-21-19-17-15-13-11-9-7-5-2)49-88-67-62(84)61(83)64(56(48-75)90-67)91-68-63(85)66(60(82)55(47-74)89-68)93-70(69(86)87)45-53(78)58(71-50(3)76)65(92-70)59(81)54(79)46-73/h28,30,41,43,51-56,58-68,73-75,77-79,81-85H,4-27,29,31-40,42,44-49H2,1-3H3,(H,71,76)(H,72,80)(H,86,87)/b30-28-,43-41+. The van der Waals surface area contributed by atoms with Gasteiger partial charge in [0.15, 0.2) is 12.6 Å². The molecule has 0 aromatic rings. The minimum absolute atomic E-state index is 0.191. The van der Waals surface area contributed by atoms with Gasteiger partial charge in [-0.3, -0.25) is 9.59 Å². The third kappa shape index (κ3) is 32.6. The Bertz CT molecular complexity index is 1970. The number of carboxylic acids is 1. The first-order valence-corrected chi connectivity index (χ1v) is 36.2. The number of unbranched alkanes of at least 4 members (excludes halogenated alkanes) is 33. The lowest BCUT2D eigenvalue weighted by Gasteiger charge is -2.50. The number of carboxylic acid groups (broad SMARTS) is 1. The number of aliphatic hydroxyl groups is 11. The summed E-state index contributed by atoms with van der Waals surface area (Å²) in [6.07, 6.45) is 22.1. The van der Waals surface area contributed by atoms with Crippen LogP contribution in [0.1, 0.15) is 265 Å². The molecule has 3 aliphatic rings. The predicted molar refractivity (Wildman–Crippen MR) is 352 cm³/mol. The first kappa shape index (κ1) is 84.4. The van der Waals surface area contributed by atoms with E-state index >= 15 is 0 Å². The van der Waals surface area contributed by atoms with E-state index in [-0.39, 0.29) is 12.3 Å². The fraction of sp³-hybridized carbons (Fsp3) is 0.900. The maximum Gasteiger partial charge on any atom is 0.364 e. The van der Waals surface area contributed by atoms with Crippen LogP contribution in [0, 0.1) is 0 Å². The molecule has 0 aromatic heterocycles. The number of amides is 2. The van der Waals surface area contributed by atoms with E-state index in [0.717, 1.165) is 64.7 Å². The van der Waals surface area contributed by atoms with E-state index in [2.05, 4.69) is 36.6 Å². The number of aliphatic hydroxyl groups excluding tert-OH is 11. The van der Waals surface area contributed by atoms with Crippen LogP contribution in [0.5, 0.6) is 0 Å². The normalized spacial score (nSPS) is 28.2. The van der Waals surface area contributed by atoms with Gasteiger partial charge in [0.05, 0.1) is 50.7 Å². The zero-order chi connectivity index (χ0) is 68.2. The Kier molecular flexibility index (Phi) is 45.9. The number of allylic oxidation sites excluding steroid dienone is 3. The van der Waals surface area contributed by atoms with Gasteiger partial charge in [-0.1, -0.05) is 224 Å². The molecule has 3 heterocycles. The van der Waals surface area contributed by atoms with Crippen LogP contribution in [0.2, 0.25) is 0 Å². The predicted octanol–water partition coefficient (Wildman–Crippen LogP) is 7.23. The summed E-state index contributed by atoms with van der Waals surface area (Å²) in [5.41, 5.74) is 0. The Hall–Kier alpha value is -2.79. The third-order valence-corrected chi connectivity index (χ3v) is 18.4. The molecule has 0 saturated carbocycles. The van der Waals surface area contributed by atoms with Gasteiger partial charge < -0.3 is 100 Å². The van der Waals surface area contributed by atoms with E-state index in [1.165, 1.54) is 161 Å². The molecular weight excluding hydrogens is 1200 g/mol. The van der Waals surface area contributed by atoms with Gasteiger partial charge in [-0.2, -0.15) is 0 Å². The van der Waals surface area contributed by atoms with Crippen molar-refractivity contribution in [1.29, 1.82) is 0 Å². The number of rotatable bonds is 55. The summed E-state index contributed by atoms with van der Waals surface area (Å²) in [6, 6.07) is -2.62. The maximum absolute atomic E-state index is 13.5. The van der Waals surface area contributed by atoms with Gasteiger partial charge in [0, 0.05) is 19.8 Å². The fourth-order valence-electron chi connectivity index (χ4n) is 12.6. The number of carbonyl (C=O) groups excluding carboxylic acids is 2. The van der Waals surface area contributed by atoms with E-state index in [1.54, 1.807) is 6.08 Å². The van der Waals surface area contributed by atoms with Gasteiger partial charge in [-0.05, 0) is 44.9 Å². The summed E-state index contributed by atoms with van der Waals surface area (Å²) in [5, 5.41) is 136. The van der Waals surface area contributed by atoms with Crippen molar-refractivity contribution in [3.63, 3.8) is 0 Å². The minimum atomic E-state index is -3.08. The number of ether oxygens (including phenoxy) is 6. The average Bonchev–Trinajstić information content (AvgIpc) is 0.780. The quantitative estimate of drug-likeness (QED) is 0.0211. The van der Waals surface area contributed by atoms with Crippen LogP contribution in [0.25, 0.3) is 0 Å². The summed E-state index contributed by atoms with van der Waals surface area (Å²) in [7, 11) is 0. The maximum atomic E-state index is 13.5. The van der Waals surface area contributed by atoms with Crippen molar-refractivity contribution in [3.05, 3.63) is 24.3 Å². The Balaban J connectivity index is 1.59. The van der Waals surface area contributed by atoms with Crippen LogP contribution in [0.15, 0.2) is 24.3 Å². The molecule has 3 rings (SSSR count). The van der Waals surface area contributed by atoms with Crippen molar-refractivity contribution in [2.75, 3.05) is 26.4 Å². The second-order valence-electron chi connectivity index (χ2n) is 26.4. The van der Waals surface area contributed by atoms with Crippen molar-refractivity contribution in [3.8, 4) is 0 Å². The zero-order valence-corrected chi connectivity index (χ0v) is 56.9. The highest BCUT2D eigenvalue weighted by Gasteiger charge is 2.60. The van der Waals surface area contributed by atoms with Crippen LogP contribution in [0.4, 0.5) is 0 Å². The molecule has 3 saturated heterocycles. The smallest absolute Gasteiger partial charge is 0.364 e. The largest absolute Gasteiger partial charge is 0.477 e. The molecule has 3 aliphatic heterocycles. The van der Waals surface area contributed by atoms with E-state index < -0.39 is 155 Å². The SMILES string of the molecule is CCCCCCCCCCC/C=C\CCCCCCCC(=O)NC(COC1OC(CO)C(OC2OC(CO)C(O)C(OC3(C(=O)O)CC(O)C(NC(C)=O)C(C(O)C(O)CO)O3)C2O)C(O)C1O)C(O)/C=C/CCCCCCCCCCCCCCCCCCCCC. The van der Waals surface area contributed by atoms with Crippen LogP contribution >= 0.6 is 0 Å². The number of carbonyl (C=O) groups is 3. The highest BCUT2D eigenvalue weighted by Crippen LogP contribution is 2.39. The van der Waals surface area contributed by atoms with Gasteiger partial charge in [-0.15, -0.1) is 0 Å². The van der Waals surface area contributed by atoms with Crippen molar-refractivity contribution >= 4 is 17.8 Å². The molecule has 0 spiro atoms. The zero-order valence-electron chi connectivity index (χ0n) is 56.9. The Morgan fingerprint density at radius 1 is 0.559 bits per heavy atom. The van der Waals surface area contributed by atoms with Gasteiger partial charge >= 0.3 is 5.97 Å². The van der Waals surface area contributed by atoms with E-state index in [0.29, 0.717) is 12.8 Å². The van der Waals surface area contributed by atoms with E-state index in [9.17, 15) is 75.7 Å². The fourth-order valence-corrected chi connectivity index (χ4v) is 12.6. The van der Waals surface area contributed by atoms with Crippen LogP contribution in [0.3, 0.4) is 0 Å². The van der Waals surface area contributed by atoms with Gasteiger partial charge in [0.1, 0.15) is 67.1 Å². The molecule has 0 aliphatic carbocycles. The van der Waals surface area contributed by atoms with Gasteiger partial charge in [-0.25, -0.2) is 4.79 Å². The molecule has 0 bridgehead atoms. The minimum Gasteiger partial charge on any atom is -0.477 e. The summed E-state index contributed by atoms with van der Waals surface area (Å²) in [4.78, 5) is 38.6. The molecule has 2 amide bonds. The van der Waals surface area contributed by atoms with E-state index in [4.69, 9.17) is 28.4 Å². The molecule has 18 atom stereocenters. The van der Waals surface area contributed by atoms with Crippen LogP contribution in [-0.4, -0.2) is 215 Å². The highest BCUT2D eigenvalue weighted by atomic mass is 16.8. The molecular formula is C70H128N2O21. The third-order valence-electron chi connectivity index (χ3n) is 18.4. The number of aliphatic carboxylic acids is 1. The van der Waals surface area contributed by atoms with Crippen LogP contribution in [-0.2, 0) is 42.8 Å². The Labute approximate surface area is 555 Å². The monoisotopic (exact) mass is 1330 g/mol. The first-order valence-electron chi connectivity index (χ1n) is 36.2. The molecule has 0 radical (unpaired) electrons. The van der Waals surface area contributed by atoms with E-state index in [1.807, 2.05) is 6.08 Å². The molecule has 23 heteroatoms. The summed E-state index contributed by atoms with van der Waals surface area (Å²) >= 11 is 0. The number of hydrogen-bond acceptors (Lipinski definition) is 20. The lowest BCUT2D eigenvalue weighted by molar-refractivity contribution is -0.386. The average molecular weight is 1330 g/mol. The lowest BCUT2D eigenvalue weighted by Crippen LogP contribution is -2.70. The molecule has 14 N–H and O–H groups in total. The van der Waals surface area contributed by atoms with Crippen molar-refractivity contribution in [1.82, 2.24) is 10.6 Å². The Morgan fingerprint density at radius 3 is 1.46 bits per heavy atom. The molecule has 18 unspecified atom stereocenters. The molecule has 544 valence electrons. The second kappa shape index (κ2) is 50.5. The van der Waals surface area contributed by atoms with Crippen molar-refractivity contribution in [2.24, 2.45) is 0 Å². The molecule has 93 heavy (non-hydrogen) atoms. The lowest BCUT2D eigenvalue weighted by atomic mass is 9.88. The topological polar surface area (TPSA) is 373 Å². The van der Waals surface area contributed by atoms with Gasteiger partial charge in [0.2, 0.25) is 11.8 Å². The summed E-state index contributed by atoms with van der Waals surface area (Å²) < 4.78 is 34.8. The Morgan fingerprint density at radius 2 is 1.01 bits per heavy atom. The first-order chi connectivity index (χ1) is 44.9. The van der Waals surface area contributed by atoms with Gasteiger partial charge in [0.25, 0.3) is 5.79 Å². The number of hydrogen-bond donors (Lipinski definition) is 14.